The van der Waals surface area contributed by atoms with Crippen LogP contribution in [0.15, 0.2) is 12.1 Å². The molecule has 1 aromatic rings. The summed E-state index contributed by atoms with van der Waals surface area (Å²) in [5.74, 6) is -0.595. The molecular formula is C12H16N2O2. The fourth-order valence-electron chi connectivity index (χ4n) is 1.58. The van der Waals surface area contributed by atoms with Crippen molar-refractivity contribution in [1.29, 1.82) is 0 Å². The molecule has 0 heterocycles. The highest BCUT2D eigenvalue weighted by Gasteiger charge is 2.13. The predicted octanol–water partition coefficient (Wildman–Crippen LogP) is 1.15. The van der Waals surface area contributed by atoms with E-state index in [9.17, 15) is 9.59 Å². The van der Waals surface area contributed by atoms with Gasteiger partial charge in [-0.3, -0.25) is 9.59 Å². The fraction of sp³-hybridized carbons (Fsp3) is 0.333. The van der Waals surface area contributed by atoms with Gasteiger partial charge in [0, 0.05) is 17.7 Å². The van der Waals surface area contributed by atoms with Crippen LogP contribution in [0.2, 0.25) is 0 Å². The van der Waals surface area contributed by atoms with Crippen molar-refractivity contribution in [3.05, 3.63) is 34.4 Å². The molecule has 0 spiro atoms. The lowest BCUT2D eigenvalue weighted by Crippen LogP contribution is -2.24. The average Bonchev–Trinajstić information content (AvgIpc) is 2.20. The molecule has 0 atom stereocenters. The summed E-state index contributed by atoms with van der Waals surface area (Å²) in [6.45, 7) is 5.99. The number of nitrogens with two attached hydrogens (primary N) is 1. The first-order chi connectivity index (χ1) is 7.47. The Labute approximate surface area is 94.8 Å². The smallest absolute Gasteiger partial charge is 0.251 e. The third-order valence-electron chi connectivity index (χ3n) is 2.42. The monoisotopic (exact) mass is 220 g/mol. The quantitative estimate of drug-likeness (QED) is 0.802. The van der Waals surface area contributed by atoms with Crippen molar-refractivity contribution in [3.63, 3.8) is 0 Å². The Bertz CT molecular complexity index is 439. The zero-order valence-corrected chi connectivity index (χ0v) is 9.76. The van der Waals surface area contributed by atoms with Gasteiger partial charge in [0.25, 0.3) is 5.91 Å². The highest BCUT2D eigenvalue weighted by atomic mass is 16.2. The van der Waals surface area contributed by atoms with Crippen molar-refractivity contribution in [3.8, 4) is 0 Å². The van der Waals surface area contributed by atoms with Crippen molar-refractivity contribution in [1.82, 2.24) is 5.32 Å². The van der Waals surface area contributed by atoms with Crippen LogP contribution < -0.4 is 11.1 Å². The molecule has 0 aliphatic carbocycles. The largest absolute Gasteiger partial charge is 0.366 e. The number of carbonyl (C=O) groups is 2. The molecule has 1 aromatic carbocycles. The van der Waals surface area contributed by atoms with E-state index in [0.29, 0.717) is 17.7 Å². The average molecular weight is 220 g/mol. The normalized spacial score (nSPS) is 9.94. The van der Waals surface area contributed by atoms with Gasteiger partial charge in [0.2, 0.25) is 5.91 Å². The minimum atomic E-state index is -0.469. The van der Waals surface area contributed by atoms with E-state index in [1.807, 2.05) is 6.92 Å². The van der Waals surface area contributed by atoms with E-state index in [2.05, 4.69) is 5.32 Å². The molecule has 2 amide bonds. The van der Waals surface area contributed by atoms with E-state index in [0.717, 1.165) is 11.1 Å². The zero-order valence-electron chi connectivity index (χ0n) is 9.76. The number of carbonyl (C=O) groups excluding carboxylic acids is 2. The summed E-state index contributed by atoms with van der Waals surface area (Å²) >= 11 is 0. The molecule has 0 unspecified atom stereocenters. The topological polar surface area (TPSA) is 72.2 Å². The summed E-state index contributed by atoms with van der Waals surface area (Å²) in [7, 11) is 0. The first-order valence-electron chi connectivity index (χ1n) is 5.16. The second-order valence-corrected chi connectivity index (χ2v) is 3.71. The van der Waals surface area contributed by atoms with Gasteiger partial charge in [-0.2, -0.15) is 0 Å². The highest BCUT2D eigenvalue weighted by molar-refractivity contribution is 5.99. The maximum absolute atomic E-state index is 11.7. The summed E-state index contributed by atoms with van der Waals surface area (Å²) < 4.78 is 0. The molecule has 0 saturated carbocycles. The van der Waals surface area contributed by atoms with Crippen LogP contribution >= 0.6 is 0 Å². The Morgan fingerprint density at radius 1 is 1.19 bits per heavy atom. The van der Waals surface area contributed by atoms with Crippen molar-refractivity contribution < 1.29 is 9.59 Å². The van der Waals surface area contributed by atoms with Gasteiger partial charge in [0.1, 0.15) is 0 Å². The molecule has 0 aromatic heterocycles. The Hall–Kier alpha value is -1.84. The van der Waals surface area contributed by atoms with Crippen LogP contribution in [0.5, 0.6) is 0 Å². The van der Waals surface area contributed by atoms with E-state index in [-0.39, 0.29) is 5.91 Å². The molecule has 16 heavy (non-hydrogen) atoms. The maximum Gasteiger partial charge on any atom is 0.251 e. The zero-order chi connectivity index (χ0) is 12.3. The van der Waals surface area contributed by atoms with Gasteiger partial charge in [-0.15, -0.1) is 0 Å². The lowest BCUT2D eigenvalue weighted by atomic mass is 9.99. The third-order valence-corrected chi connectivity index (χ3v) is 2.42. The minimum Gasteiger partial charge on any atom is -0.366 e. The Morgan fingerprint density at radius 2 is 1.69 bits per heavy atom. The van der Waals surface area contributed by atoms with Gasteiger partial charge >= 0.3 is 0 Å². The fourth-order valence-corrected chi connectivity index (χ4v) is 1.58. The number of primary amides is 1. The number of benzene rings is 1. The van der Waals surface area contributed by atoms with Gasteiger partial charge in [-0.25, -0.2) is 0 Å². The van der Waals surface area contributed by atoms with E-state index in [4.69, 9.17) is 5.73 Å². The molecule has 86 valence electrons. The molecule has 0 aliphatic rings. The van der Waals surface area contributed by atoms with Gasteiger partial charge in [0.05, 0.1) is 0 Å². The summed E-state index contributed by atoms with van der Waals surface area (Å²) in [4.78, 5) is 22.8. The van der Waals surface area contributed by atoms with E-state index >= 15 is 0 Å². The number of amides is 2. The number of rotatable bonds is 3. The molecule has 0 fully saturated rings. The minimum absolute atomic E-state index is 0.126. The van der Waals surface area contributed by atoms with Gasteiger partial charge < -0.3 is 11.1 Å². The highest BCUT2D eigenvalue weighted by Crippen LogP contribution is 2.15. The Kier molecular flexibility index (Phi) is 3.66. The van der Waals surface area contributed by atoms with Crippen LogP contribution in [0, 0.1) is 13.8 Å². The number of nitrogens with one attached hydrogen (secondary N) is 1. The molecule has 4 nitrogen and oxygen atoms in total. The van der Waals surface area contributed by atoms with E-state index < -0.39 is 5.91 Å². The number of hydrogen-bond donors (Lipinski definition) is 2. The van der Waals surface area contributed by atoms with Gasteiger partial charge in [-0.05, 0) is 44.0 Å². The standard InChI is InChI=1S/C12H16N2O2/c1-4-14-12(16)10-6-7(2)9(11(13)15)5-8(10)3/h5-6H,4H2,1-3H3,(H2,13,15)(H,14,16). The van der Waals surface area contributed by atoms with Crippen LogP contribution in [0.4, 0.5) is 0 Å². The molecule has 0 saturated heterocycles. The summed E-state index contributed by atoms with van der Waals surface area (Å²) in [5.41, 5.74) is 7.76. The Morgan fingerprint density at radius 3 is 2.19 bits per heavy atom. The van der Waals surface area contributed by atoms with E-state index in [1.165, 1.54) is 0 Å². The number of aryl methyl sites for hydroxylation is 2. The Balaban J connectivity index is 3.20. The molecule has 4 heteroatoms. The molecule has 0 bridgehead atoms. The van der Waals surface area contributed by atoms with Gasteiger partial charge in [0.15, 0.2) is 0 Å². The van der Waals surface area contributed by atoms with Crippen LogP contribution in [-0.4, -0.2) is 18.4 Å². The maximum atomic E-state index is 11.7. The molecule has 0 aliphatic heterocycles. The summed E-state index contributed by atoms with van der Waals surface area (Å²) in [6.07, 6.45) is 0. The molecule has 0 radical (unpaired) electrons. The summed E-state index contributed by atoms with van der Waals surface area (Å²) in [6, 6.07) is 3.35. The van der Waals surface area contributed by atoms with Crippen LogP contribution in [0.3, 0.4) is 0 Å². The molecule has 1 rings (SSSR count). The second-order valence-electron chi connectivity index (χ2n) is 3.71. The predicted molar refractivity (Wildman–Crippen MR) is 62.4 cm³/mol. The van der Waals surface area contributed by atoms with Crippen LogP contribution in [-0.2, 0) is 0 Å². The van der Waals surface area contributed by atoms with Crippen molar-refractivity contribution >= 4 is 11.8 Å². The first kappa shape index (κ1) is 12.2. The molecule has 3 N–H and O–H groups in total. The second kappa shape index (κ2) is 4.79. The lowest BCUT2D eigenvalue weighted by molar-refractivity contribution is 0.0952. The first-order valence-corrected chi connectivity index (χ1v) is 5.16. The van der Waals surface area contributed by atoms with Crippen molar-refractivity contribution in [2.75, 3.05) is 6.54 Å². The third kappa shape index (κ3) is 2.39. The number of hydrogen-bond acceptors (Lipinski definition) is 2. The van der Waals surface area contributed by atoms with Crippen molar-refractivity contribution in [2.24, 2.45) is 5.73 Å². The summed E-state index contributed by atoms with van der Waals surface area (Å²) in [5, 5.41) is 2.72. The van der Waals surface area contributed by atoms with E-state index in [1.54, 1.807) is 26.0 Å². The van der Waals surface area contributed by atoms with Crippen LogP contribution in [0.25, 0.3) is 0 Å². The van der Waals surface area contributed by atoms with Gasteiger partial charge in [-0.1, -0.05) is 0 Å². The lowest BCUT2D eigenvalue weighted by Gasteiger charge is -2.09. The SMILES string of the molecule is CCNC(=O)c1cc(C)c(C(N)=O)cc1C. The molecular weight excluding hydrogens is 204 g/mol. The van der Waals surface area contributed by atoms with Crippen LogP contribution in [0.1, 0.15) is 38.8 Å². The van der Waals surface area contributed by atoms with Crippen molar-refractivity contribution in [2.45, 2.75) is 20.8 Å².